The van der Waals surface area contributed by atoms with Gasteiger partial charge in [-0.2, -0.15) is 0 Å². The molecule has 0 aliphatic heterocycles. The Morgan fingerprint density at radius 1 is 1.17 bits per heavy atom. The Bertz CT molecular complexity index is 882. The van der Waals surface area contributed by atoms with E-state index in [2.05, 4.69) is 43.8 Å². The topological polar surface area (TPSA) is 84.9 Å². The number of benzene rings is 2. The van der Waals surface area contributed by atoms with Crippen molar-refractivity contribution in [1.82, 2.24) is 5.32 Å². The average Bonchev–Trinajstić information content (AvgIpc) is 2.59. The molecule has 156 valence electrons. The van der Waals surface area contributed by atoms with Gasteiger partial charge in [-0.3, -0.25) is 0 Å². The summed E-state index contributed by atoms with van der Waals surface area (Å²) in [5.74, 6) is -0.415. The van der Waals surface area contributed by atoms with E-state index in [4.69, 9.17) is 9.47 Å². The van der Waals surface area contributed by atoms with Crippen molar-refractivity contribution in [3.05, 3.63) is 61.6 Å². The second-order valence-electron chi connectivity index (χ2n) is 7.42. The highest BCUT2D eigenvalue weighted by molar-refractivity contribution is 14.1. The fraction of sp³-hybridized carbons (Fsp3) is 0.333. The van der Waals surface area contributed by atoms with Gasteiger partial charge in [0, 0.05) is 10.9 Å². The maximum Gasteiger partial charge on any atom is 0.408 e. The molecule has 0 spiro atoms. The number of halogens is 2. The van der Waals surface area contributed by atoms with Crippen LogP contribution in [-0.2, 0) is 22.6 Å². The summed E-state index contributed by atoms with van der Waals surface area (Å²) >= 11 is 5.58. The highest BCUT2D eigenvalue weighted by Crippen LogP contribution is 2.24. The van der Waals surface area contributed by atoms with E-state index >= 15 is 0 Å². The van der Waals surface area contributed by atoms with Gasteiger partial charge in [0.15, 0.2) is 0 Å². The molecule has 2 aromatic carbocycles. The maximum absolute atomic E-state index is 11.9. The number of hydrogen-bond donors (Lipinski definition) is 2. The number of amides is 1. The Morgan fingerprint density at radius 2 is 1.90 bits per heavy atom. The summed E-state index contributed by atoms with van der Waals surface area (Å²) in [4.78, 5) is 23.5. The second kappa shape index (κ2) is 10.3. The van der Waals surface area contributed by atoms with Crippen molar-refractivity contribution in [2.75, 3.05) is 0 Å². The molecule has 2 aromatic rings. The zero-order chi connectivity index (χ0) is 21.6. The molecule has 6 nitrogen and oxygen atoms in total. The lowest BCUT2D eigenvalue weighted by molar-refractivity contribution is -0.139. The molecule has 0 aliphatic rings. The van der Waals surface area contributed by atoms with Crippen LogP contribution in [0.25, 0.3) is 0 Å². The number of hydrogen-bond acceptors (Lipinski definition) is 4. The minimum Gasteiger partial charge on any atom is -0.488 e. The minimum atomic E-state index is -1.12. The summed E-state index contributed by atoms with van der Waals surface area (Å²) in [6.07, 6.45) is -0.621. The summed E-state index contributed by atoms with van der Waals surface area (Å²) in [5.41, 5.74) is 1.11. The fourth-order valence-electron chi connectivity index (χ4n) is 2.46. The van der Waals surface area contributed by atoms with Crippen LogP contribution in [0.4, 0.5) is 4.79 Å². The Labute approximate surface area is 192 Å². The smallest absolute Gasteiger partial charge is 0.408 e. The lowest BCUT2D eigenvalue weighted by atomic mass is 10.1. The summed E-state index contributed by atoms with van der Waals surface area (Å²) in [6, 6.07) is 12.2. The third-order valence-corrected chi connectivity index (χ3v) is 5.04. The van der Waals surface area contributed by atoms with Crippen molar-refractivity contribution in [3.63, 3.8) is 0 Å². The molecule has 29 heavy (non-hydrogen) atoms. The van der Waals surface area contributed by atoms with Gasteiger partial charge >= 0.3 is 12.1 Å². The van der Waals surface area contributed by atoms with Gasteiger partial charge in [-0.25, -0.2) is 9.59 Å². The first-order chi connectivity index (χ1) is 13.5. The van der Waals surface area contributed by atoms with Gasteiger partial charge in [0.05, 0.1) is 3.57 Å². The molecule has 1 unspecified atom stereocenters. The van der Waals surface area contributed by atoms with Gasteiger partial charge in [-0.1, -0.05) is 34.1 Å². The van der Waals surface area contributed by atoms with Crippen LogP contribution in [0, 0.1) is 3.57 Å². The van der Waals surface area contributed by atoms with Crippen molar-refractivity contribution in [2.24, 2.45) is 0 Å². The first kappa shape index (κ1) is 23.5. The number of carbonyl (C=O) groups is 2. The van der Waals surface area contributed by atoms with Gasteiger partial charge in [0.1, 0.15) is 24.0 Å². The van der Waals surface area contributed by atoms with Crippen molar-refractivity contribution in [1.29, 1.82) is 0 Å². The lowest BCUT2D eigenvalue weighted by Gasteiger charge is -2.22. The molecule has 0 fully saturated rings. The van der Waals surface area contributed by atoms with E-state index in [1.807, 2.05) is 36.4 Å². The first-order valence-corrected chi connectivity index (χ1v) is 10.8. The molecule has 0 aliphatic carbocycles. The van der Waals surface area contributed by atoms with Crippen molar-refractivity contribution in [2.45, 2.75) is 45.4 Å². The number of carboxylic acid groups (broad SMARTS) is 1. The maximum atomic E-state index is 11.9. The van der Waals surface area contributed by atoms with Crippen LogP contribution in [0.2, 0.25) is 0 Å². The fourth-order valence-corrected chi connectivity index (χ4v) is 3.64. The third-order valence-electron chi connectivity index (χ3n) is 3.71. The van der Waals surface area contributed by atoms with E-state index in [0.717, 1.165) is 19.2 Å². The molecule has 1 amide bonds. The van der Waals surface area contributed by atoms with E-state index in [1.54, 1.807) is 26.8 Å². The minimum absolute atomic E-state index is 0.135. The third kappa shape index (κ3) is 8.22. The largest absolute Gasteiger partial charge is 0.488 e. The van der Waals surface area contributed by atoms with Crippen LogP contribution in [0.15, 0.2) is 46.9 Å². The molecule has 0 heterocycles. The molecule has 2 N–H and O–H groups in total. The monoisotopic (exact) mass is 575 g/mol. The molecule has 8 heteroatoms. The van der Waals surface area contributed by atoms with Crippen molar-refractivity contribution < 1.29 is 24.2 Å². The van der Waals surface area contributed by atoms with E-state index in [9.17, 15) is 14.7 Å². The summed E-state index contributed by atoms with van der Waals surface area (Å²) in [5, 5.41) is 11.8. The predicted molar refractivity (Wildman–Crippen MR) is 122 cm³/mol. The van der Waals surface area contributed by atoms with E-state index in [1.165, 1.54) is 0 Å². The van der Waals surface area contributed by atoms with E-state index in [0.29, 0.717) is 12.4 Å². The van der Waals surface area contributed by atoms with Crippen LogP contribution >= 0.6 is 38.5 Å². The molecule has 1 atom stereocenters. The van der Waals surface area contributed by atoms with Crippen LogP contribution in [0.5, 0.6) is 5.75 Å². The van der Waals surface area contributed by atoms with Crippen LogP contribution in [0.3, 0.4) is 0 Å². The van der Waals surface area contributed by atoms with Gasteiger partial charge in [0.25, 0.3) is 0 Å². The average molecular weight is 576 g/mol. The number of ether oxygens (including phenoxy) is 2. The summed E-state index contributed by atoms with van der Waals surface area (Å²) in [7, 11) is 0. The quantitative estimate of drug-likeness (QED) is 0.446. The molecule has 0 saturated carbocycles. The van der Waals surface area contributed by atoms with Gasteiger partial charge in [-0.15, -0.1) is 0 Å². The molecule has 0 radical (unpaired) electrons. The van der Waals surface area contributed by atoms with Gasteiger partial charge in [0.2, 0.25) is 0 Å². The zero-order valence-corrected chi connectivity index (χ0v) is 20.1. The number of aliphatic carboxylic acids is 1. The number of alkyl carbamates (subject to hydrolysis) is 1. The van der Waals surface area contributed by atoms with E-state index < -0.39 is 23.7 Å². The van der Waals surface area contributed by atoms with Crippen LogP contribution < -0.4 is 10.1 Å². The molecule has 0 saturated heterocycles. The van der Waals surface area contributed by atoms with Crippen LogP contribution in [-0.4, -0.2) is 28.8 Å². The first-order valence-electron chi connectivity index (χ1n) is 8.91. The summed E-state index contributed by atoms with van der Waals surface area (Å²) < 4.78 is 12.9. The molecule has 0 bridgehead atoms. The highest BCUT2D eigenvalue weighted by atomic mass is 127. The highest BCUT2D eigenvalue weighted by Gasteiger charge is 2.24. The molecule has 0 aromatic heterocycles. The van der Waals surface area contributed by atoms with Crippen LogP contribution in [0.1, 0.15) is 31.9 Å². The Morgan fingerprint density at radius 3 is 2.48 bits per heavy atom. The number of carboxylic acids is 1. The van der Waals surface area contributed by atoms with Crippen molar-refractivity contribution in [3.8, 4) is 5.75 Å². The number of rotatable bonds is 7. The van der Waals surface area contributed by atoms with Gasteiger partial charge < -0.3 is 19.9 Å². The van der Waals surface area contributed by atoms with E-state index in [-0.39, 0.29) is 6.42 Å². The SMILES string of the molecule is CC(C)(C)OC(=O)NC(Cc1ccc(OCc2cccc(Br)c2)c(I)c1)C(=O)O. The number of nitrogens with one attached hydrogen (secondary N) is 1. The van der Waals surface area contributed by atoms with Crippen molar-refractivity contribution >= 4 is 50.6 Å². The number of carbonyl (C=O) groups excluding carboxylic acids is 1. The zero-order valence-electron chi connectivity index (χ0n) is 16.4. The lowest BCUT2D eigenvalue weighted by Crippen LogP contribution is -2.44. The molecular weight excluding hydrogens is 553 g/mol. The Hall–Kier alpha value is -1.81. The Balaban J connectivity index is 2.01. The predicted octanol–water partition coefficient (Wildman–Crippen LogP) is 5.15. The molecular formula is C21H23BrINO5. The standard InChI is InChI=1S/C21H23BrINO5/c1-21(2,3)29-20(27)24-17(19(25)26)11-13-7-8-18(16(23)10-13)28-12-14-5-4-6-15(22)9-14/h4-10,17H,11-12H2,1-3H3,(H,24,27)(H,25,26). The molecule has 2 rings (SSSR count). The normalized spacial score (nSPS) is 12.2. The van der Waals surface area contributed by atoms with Gasteiger partial charge in [-0.05, 0) is 78.8 Å². The second-order valence-corrected chi connectivity index (χ2v) is 9.50. The summed E-state index contributed by atoms with van der Waals surface area (Å²) in [6.45, 7) is 5.58. The Kier molecular flexibility index (Phi) is 8.33.